The van der Waals surface area contributed by atoms with Gasteiger partial charge in [-0.25, -0.2) is 8.78 Å². The average Bonchev–Trinajstić information content (AvgIpc) is 2.74. The molecule has 2 aromatic rings. The van der Waals surface area contributed by atoms with Gasteiger partial charge >= 0.3 is 0 Å². The predicted octanol–water partition coefficient (Wildman–Crippen LogP) is 3.81. The molecule has 0 fully saturated rings. The van der Waals surface area contributed by atoms with E-state index in [9.17, 15) is 13.6 Å². The van der Waals surface area contributed by atoms with Gasteiger partial charge in [-0.05, 0) is 24.6 Å². The van der Waals surface area contributed by atoms with E-state index >= 15 is 0 Å². The molecule has 1 nitrogen and oxygen atoms in total. The summed E-state index contributed by atoms with van der Waals surface area (Å²) in [5.74, 6) is -1.70. The van der Waals surface area contributed by atoms with Crippen molar-refractivity contribution in [2.24, 2.45) is 0 Å². The zero-order valence-electron chi connectivity index (χ0n) is 8.46. The molecule has 0 radical (unpaired) electrons. The minimum Gasteiger partial charge on any atom is -0.297 e. The Morgan fingerprint density at radius 3 is 2.50 bits per heavy atom. The van der Waals surface area contributed by atoms with Crippen LogP contribution in [0.15, 0.2) is 24.3 Å². The zero-order valence-corrected chi connectivity index (χ0v) is 9.28. The molecule has 1 heterocycles. The van der Waals surface area contributed by atoms with E-state index in [2.05, 4.69) is 0 Å². The van der Waals surface area contributed by atoms with Gasteiger partial charge in [0.05, 0.1) is 4.88 Å². The Morgan fingerprint density at radius 1 is 1.12 bits per heavy atom. The van der Waals surface area contributed by atoms with Gasteiger partial charge in [0.2, 0.25) is 0 Å². The predicted molar refractivity (Wildman–Crippen MR) is 59.8 cm³/mol. The summed E-state index contributed by atoms with van der Waals surface area (Å²) >= 11 is 1.14. The molecule has 0 saturated carbocycles. The molecular weight excluding hydrogens is 230 g/mol. The molecule has 82 valence electrons. The maximum atomic E-state index is 13.6. The van der Waals surface area contributed by atoms with Crippen LogP contribution in [0.3, 0.4) is 0 Å². The molecule has 0 unspecified atom stereocenters. The van der Waals surface area contributed by atoms with Crippen LogP contribution in [0.4, 0.5) is 8.78 Å². The number of aldehydes is 1. The number of halogens is 2. The summed E-state index contributed by atoms with van der Waals surface area (Å²) in [4.78, 5) is 11.5. The third kappa shape index (κ3) is 1.76. The molecule has 0 saturated heterocycles. The lowest BCUT2D eigenvalue weighted by atomic mass is 10.1. The zero-order chi connectivity index (χ0) is 11.7. The fourth-order valence-electron chi connectivity index (χ4n) is 1.40. The number of hydrogen-bond donors (Lipinski definition) is 0. The van der Waals surface area contributed by atoms with Gasteiger partial charge in [0.25, 0.3) is 0 Å². The number of carbonyl (C=O) groups excluding carboxylic acids is 1. The Bertz CT molecular complexity index is 546. The lowest BCUT2D eigenvalue weighted by molar-refractivity contribution is 0.112. The van der Waals surface area contributed by atoms with E-state index in [1.54, 1.807) is 12.1 Å². The molecule has 0 N–H and O–H groups in total. The summed E-state index contributed by atoms with van der Waals surface area (Å²) in [6.07, 6.45) is 0.691. The van der Waals surface area contributed by atoms with Crippen molar-refractivity contribution in [1.29, 1.82) is 0 Å². The maximum Gasteiger partial charge on any atom is 0.167 e. The second kappa shape index (κ2) is 4.14. The SMILES string of the molecule is Cc1ccc(-c2ccc(C=O)s2)c(F)c1F. The number of hydrogen-bond acceptors (Lipinski definition) is 2. The molecule has 4 heteroatoms. The summed E-state index contributed by atoms with van der Waals surface area (Å²) in [6.45, 7) is 1.51. The fourth-order valence-corrected chi connectivity index (χ4v) is 2.24. The Balaban J connectivity index is 2.56. The van der Waals surface area contributed by atoms with E-state index < -0.39 is 11.6 Å². The highest BCUT2D eigenvalue weighted by Crippen LogP contribution is 2.31. The molecule has 0 spiro atoms. The molecular formula is C12H8F2OS. The van der Waals surface area contributed by atoms with Crippen LogP contribution in [-0.2, 0) is 0 Å². The van der Waals surface area contributed by atoms with Crippen LogP contribution in [-0.4, -0.2) is 6.29 Å². The lowest BCUT2D eigenvalue weighted by Gasteiger charge is -2.03. The normalized spacial score (nSPS) is 10.4. The quantitative estimate of drug-likeness (QED) is 0.727. The van der Waals surface area contributed by atoms with E-state index in [-0.39, 0.29) is 11.1 Å². The van der Waals surface area contributed by atoms with Crippen molar-refractivity contribution in [3.8, 4) is 10.4 Å². The first kappa shape index (κ1) is 11.0. The van der Waals surface area contributed by atoms with Crippen LogP contribution in [0.1, 0.15) is 15.2 Å². The summed E-state index contributed by atoms with van der Waals surface area (Å²) < 4.78 is 26.9. The van der Waals surface area contributed by atoms with Crippen molar-refractivity contribution in [1.82, 2.24) is 0 Å². The first-order valence-corrected chi connectivity index (χ1v) is 5.45. The van der Waals surface area contributed by atoms with Gasteiger partial charge in [0, 0.05) is 10.4 Å². The van der Waals surface area contributed by atoms with E-state index in [1.807, 2.05) is 0 Å². The molecule has 1 aromatic heterocycles. The largest absolute Gasteiger partial charge is 0.297 e. The minimum absolute atomic E-state index is 0.196. The van der Waals surface area contributed by atoms with Crippen molar-refractivity contribution in [2.45, 2.75) is 6.92 Å². The summed E-state index contributed by atoms with van der Waals surface area (Å²) in [5.41, 5.74) is 0.467. The van der Waals surface area contributed by atoms with Gasteiger partial charge in [0.15, 0.2) is 17.9 Å². The highest BCUT2D eigenvalue weighted by Gasteiger charge is 2.13. The standard InChI is InChI=1S/C12H8F2OS/c1-7-2-4-9(12(14)11(7)13)10-5-3-8(6-15)16-10/h2-6H,1H3. The van der Waals surface area contributed by atoms with E-state index in [0.717, 1.165) is 11.3 Å². The van der Waals surface area contributed by atoms with Gasteiger partial charge in [-0.3, -0.25) is 4.79 Å². The Labute approximate surface area is 95.4 Å². The number of rotatable bonds is 2. The summed E-state index contributed by atoms with van der Waals surface area (Å²) in [5, 5.41) is 0. The van der Waals surface area contributed by atoms with Crippen LogP contribution < -0.4 is 0 Å². The van der Waals surface area contributed by atoms with Gasteiger partial charge < -0.3 is 0 Å². The molecule has 2 rings (SSSR count). The molecule has 0 atom stereocenters. The lowest BCUT2D eigenvalue weighted by Crippen LogP contribution is -1.91. The van der Waals surface area contributed by atoms with Crippen LogP contribution in [0.2, 0.25) is 0 Å². The van der Waals surface area contributed by atoms with Gasteiger partial charge in [0.1, 0.15) is 0 Å². The Morgan fingerprint density at radius 2 is 1.88 bits per heavy atom. The van der Waals surface area contributed by atoms with E-state index in [1.165, 1.54) is 19.1 Å². The van der Waals surface area contributed by atoms with E-state index in [0.29, 0.717) is 16.0 Å². The Hall–Kier alpha value is -1.55. The first-order chi connectivity index (χ1) is 7.63. The van der Waals surface area contributed by atoms with Gasteiger partial charge in [-0.2, -0.15) is 0 Å². The smallest absolute Gasteiger partial charge is 0.167 e. The average molecular weight is 238 g/mol. The molecule has 0 amide bonds. The van der Waals surface area contributed by atoms with Crippen molar-refractivity contribution in [3.05, 3.63) is 46.3 Å². The molecule has 1 aromatic carbocycles. The molecule has 16 heavy (non-hydrogen) atoms. The third-order valence-corrected chi connectivity index (χ3v) is 3.33. The summed E-state index contributed by atoms with van der Waals surface area (Å²) in [7, 11) is 0. The second-order valence-corrected chi connectivity index (χ2v) is 4.49. The monoisotopic (exact) mass is 238 g/mol. The fraction of sp³-hybridized carbons (Fsp3) is 0.0833. The summed E-state index contributed by atoms with van der Waals surface area (Å²) in [6, 6.07) is 6.24. The second-order valence-electron chi connectivity index (χ2n) is 3.38. The van der Waals surface area contributed by atoms with Crippen molar-refractivity contribution < 1.29 is 13.6 Å². The highest BCUT2D eigenvalue weighted by molar-refractivity contribution is 7.17. The van der Waals surface area contributed by atoms with Crippen LogP contribution >= 0.6 is 11.3 Å². The third-order valence-electron chi connectivity index (χ3n) is 2.28. The first-order valence-electron chi connectivity index (χ1n) is 4.63. The van der Waals surface area contributed by atoms with E-state index in [4.69, 9.17) is 0 Å². The molecule has 0 aliphatic heterocycles. The van der Waals surface area contributed by atoms with Crippen molar-refractivity contribution in [2.75, 3.05) is 0 Å². The number of carbonyl (C=O) groups is 1. The van der Waals surface area contributed by atoms with Gasteiger partial charge in [-0.15, -0.1) is 11.3 Å². The highest BCUT2D eigenvalue weighted by atomic mass is 32.1. The minimum atomic E-state index is -0.862. The molecule has 0 aliphatic carbocycles. The maximum absolute atomic E-state index is 13.6. The van der Waals surface area contributed by atoms with Crippen LogP contribution in [0, 0.1) is 18.6 Å². The topological polar surface area (TPSA) is 17.1 Å². The van der Waals surface area contributed by atoms with Gasteiger partial charge in [-0.1, -0.05) is 12.1 Å². The number of benzene rings is 1. The number of aryl methyl sites for hydroxylation is 1. The van der Waals surface area contributed by atoms with Crippen LogP contribution in [0.25, 0.3) is 10.4 Å². The van der Waals surface area contributed by atoms with Crippen molar-refractivity contribution in [3.63, 3.8) is 0 Å². The molecule has 0 bridgehead atoms. The molecule has 0 aliphatic rings. The Kier molecular flexibility index (Phi) is 2.83. The van der Waals surface area contributed by atoms with Crippen molar-refractivity contribution >= 4 is 17.6 Å². The number of thiophene rings is 1. The van der Waals surface area contributed by atoms with Crippen LogP contribution in [0.5, 0.6) is 0 Å².